The molecule has 0 fully saturated rings. The van der Waals surface area contributed by atoms with Crippen LogP contribution < -0.4 is 5.32 Å². The molecule has 0 spiro atoms. The summed E-state index contributed by atoms with van der Waals surface area (Å²) in [5.74, 6) is 0.314. The predicted molar refractivity (Wildman–Crippen MR) is 67.9 cm³/mol. The van der Waals surface area contributed by atoms with Gasteiger partial charge >= 0.3 is 0 Å². The van der Waals surface area contributed by atoms with Crippen molar-refractivity contribution in [2.75, 3.05) is 11.2 Å². The number of anilines is 1. The van der Waals surface area contributed by atoms with Gasteiger partial charge in [-0.05, 0) is 47.2 Å². The Morgan fingerprint density at radius 3 is 2.86 bits per heavy atom. The van der Waals surface area contributed by atoms with Gasteiger partial charge in [-0.15, -0.1) is 11.6 Å². The smallest absolute Gasteiger partial charge is 0.225 e. The van der Waals surface area contributed by atoms with Crippen molar-refractivity contribution in [1.82, 2.24) is 0 Å². The van der Waals surface area contributed by atoms with Crippen LogP contribution in [-0.4, -0.2) is 11.8 Å². The lowest BCUT2D eigenvalue weighted by Gasteiger charge is -2.05. The zero-order valence-corrected chi connectivity index (χ0v) is 10.7. The van der Waals surface area contributed by atoms with Gasteiger partial charge in [0.15, 0.2) is 0 Å². The normalized spacial score (nSPS) is 9.93. The summed E-state index contributed by atoms with van der Waals surface area (Å²) in [5, 5.41) is 2.78. The molecule has 1 amide bonds. The van der Waals surface area contributed by atoms with E-state index in [1.54, 1.807) is 0 Å². The van der Waals surface area contributed by atoms with Crippen LogP contribution in [0.2, 0.25) is 0 Å². The Kier molecular flexibility index (Phi) is 4.68. The lowest BCUT2D eigenvalue weighted by molar-refractivity contribution is -0.115. The maximum atomic E-state index is 11.2. The van der Waals surface area contributed by atoms with E-state index in [0.717, 1.165) is 9.26 Å². The summed E-state index contributed by atoms with van der Waals surface area (Å²) in [4.78, 5) is 11.2. The fraction of sp³-hybridized carbons (Fsp3) is 0.300. The molecule has 14 heavy (non-hydrogen) atoms. The number of hydrogen-bond donors (Lipinski definition) is 1. The van der Waals surface area contributed by atoms with Crippen LogP contribution in [-0.2, 0) is 4.79 Å². The second-order valence-electron chi connectivity index (χ2n) is 2.95. The van der Waals surface area contributed by atoms with Gasteiger partial charge in [-0.2, -0.15) is 0 Å². The molecule has 1 N–H and O–H groups in total. The van der Waals surface area contributed by atoms with Crippen molar-refractivity contribution in [1.29, 1.82) is 0 Å². The fourth-order valence-electron chi connectivity index (χ4n) is 0.980. The van der Waals surface area contributed by atoms with E-state index in [1.807, 2.05) is 25.1 Å². The van der Waals surface area contributed by atoms with Gasteiger partial charge in [-0.1, -0.05) is 6.07 Å². The third kappa shape index (κ3) is 3.46. The van der Waals surface area contributed by atoms with Crippen LogP contribution in [0, 0.1) is 10.5 Å². The lowest BCUT2D eigenvalue weighted by Crippen LogP contribution is -2.11. The third-order valence-electron chi connectivity index (χ3n) is 1.78. The summed E-state index contributed by atoms with van der Waals surface area (Å²) in [6.07, 6.45) is 0.353. The number of hydrogen-bond acceptors (Lipinski definition) is 1. The molecule has 1 rings (SSSR count). The molecule has 0 aliphatic heterocycles. The predicted octanol–water partition coefficient (Wildman–Crippen LogP) is 3.17. The molecular formula is C10H11ClINO. The molecule has 2 nitrogen and oxygen atoms in total. The van der Waals surface area contributed by atoms with Crippen molar-refractivity contribution in [2.24, 2.45) is 0 Å². The van der Waals surface area contributed by atoms with Crippen molar-refractivity contribution in [3.8, 4) is 0 Å². The molecule has 1 aromatic rings. The van der Waals surface area contributed by atoms with Crippen molar-refractivity contribution < 1.29 is 4.79 Å². The maximum Gasteiger partial charge on any atom is 0.225 e. The molecule has 0 aliphatic carbocycles. The van der Waals surface area contributed by atoms with Gasteiger partial charge in [0.05, 0.1) is 0 Å². The minimum Gasteiger partial charge on any atom is -0.326 e. The van der Waals surface area contributed by atoms with Crippen molar-refractivity contribution in [3.63, 3.8) is 0 Å². The topological polar surface area (TPSA) is 29.1 Å². The zero-order chi connectivity index (χ0) is 10.6. The van der Waals surface area contributed by atoms with E-state index < -0.39 is 0 Å². The van der Waals surface area contributed by atoms with E-state index >= 15 is 0 Å². The second kappa shape index (κ2) is 5.56. The molecule has 0 atom stereocenters. The zero-order valence-electron chi connectivity index (χ0n) is 7.81. The number of carbonyl (C=O) groups is 1. The number of benzene rings is 1. The SMILES string of the molecule is Cc1ccc(NC(=O)CCCl)cc1I. The van der Waals surface area contributed by atoms with Crippen LogP contribution in [0.5, 0.6) is 0 Å². The number of halogens is 2. The number of alkyl halides is 1. The van der Waals surface area contributed by atoms with Gasteiger partial charge in [0.25, 0.3) is 0 Å². The van der Waals surface area contributed by atoms with Gasteiger partial charge in [-0.25, -0.2) is 0 Å². The molecular weight excluding hydrogens is 312 g/mol. The van der Waals surface area contributed by atoms with Crippen LogP contribution in [0.25, 0.3) is 0 Å². The van der Waals surface area contributed by atoms with Crippen molar-refractivity contribution in [3.05, 3.63) is 27.3 Å². The van der Waals surface area contributed by atoms with Gasteiger partial charge < -0.3 is 5.32 Å². The van der Waals surface area contributed by atoms with E-state index in [2.05, 4.69) is 27.9 Å². The van der Waals surface area contributed by atoms with E-state index in [4.69, 9.17) is 11.6 Å². The lowest BCUT2D eigenvalue weighted by atomic mass is 10.2. The van der Waals surface area contributed by atoms with Crippen LogP contribution in [0.4, 0.5) is 5.69 Å². The Balaban J connectivity index is 2.68. The minimum atomic E-state index is -0.0420. The van der Waals surface area contributed by atoms with Crippen LogP contribution in [0.1, 0.15) is 12.0 Å². The molecule has 0 aromatic heterocycles. The molecule has 0 saturated carbocycles. The van der Waals surface area contributed by atoms with Crippen LogP contribution in [0.3, 0.4) is 0 Å². The number of rotatable bonds is 3. The number of amides is 1. The molecule has 1 aromatic carbocycles. The molecule has 76 valence electrons. The van der Waals surface area contributed by atoms with Gasteiger partial charge in [-0.3, -0.25) is 4.79 Å². The maximum absolute atomic E-state index is 11.2. The monoisotopic (exact) mass is 323 g/mol. The van der Waals surface area contributed by atoms with E-state index in [9.17, 15) is 4.79 Å². The van der Waals surface area contributed by atoms with Crippen molar-refractivity contribution in [2.45, 2.75) is 13.3 Å². The van der Waals surface area contributed by atoms with Gasteiger partial charge in [0, 0.05) is 21.6 Å². The van der Waals surface area contributed by atoms with E-state index in [0.29, 0.717) is 12.3 Å². The quantitative estimate of drug-likeness (QED) is 0.672. The van der Waals surface area contributed by atoms with E-state index in [-0.39, 0.29) is 5.91 Å². The average Bonchev–Trinajstić information content (AvgIpc) is 2.12. The van der Waals surface area contributed by atoms with Crippen LogP contribution in [0.15, 0.2) is 18.2 Å². The molecule has 0 saturated heterocycles. The highest BCUT2D eigenvalue weighted by molar-refractivity contribution is 14.1. The standard InChI is InChI=1S/C10H11ClINO/c1-7-2-3-8(6-9(7)12)13-10(14)4-5-11/h2-3,6H,4-5H2,1H3,(H,13,14). The fourth-order valence-corrected chi connectivity index (χ4v) is 1.67. The summed E-state index contributed by atoms with van der Waals surface area (Å²) in [5.41, 5.74) is 2.04. The summed E-state index contributed by atoms with van der Waals surface area (Å²) < 4.78 is 1.14. The Hall–Kier alpha value is -0.290. The molecule has 0 heterocycles. The summed E-state index contributed by atoms with van der Waals surface area (Å²) in [7, 11) is 0. The third-order valence-corrected chi connectivity index (χ3v) is 3.13. The summed E-state index contributed by atoms with van der Waals surface area (Å²) in [6.45, 7) is 2.03. The number of aryl methyl sites for hydroxylation is 1. The number of nitrogens with one attached hydrogen (secondary N) is 1. The summed E-state index contributed by atoms with van der Waals surface area (Å²) in [6, 6.07) is 5.82. The molecule has 0 bridgehead atoms. The van der Waals surface area contributed by atoms with E-state index in [1.165, 1.54) is 5.56 Å². The molecule has 4 heteroatoms. The number of carbonyl (C=O) groups excluding carboxylic acids is 1. The first-order valence-corrected chi connectivity index (χ1v) is 5.87. The first-order chi connectivity index (χ1) is 6.63. The average molecular weight is 324 g/mol. The highest BCUT2D eigenvalue weighted by Crippen LogP contribution is 2.17. The van der Waals surface area contributed by atoms with Crippen LogP contribution >= 0.6 is 34.2 Å². The second-order valence-corrected chi connectivity index (χ2v) is 4.49. The first-order valence-electron chi connectivity index (χ1n) is 4.25. The Morgan fingerprint density at radius 1 is 1.57 bits per heavy atom. The molecule has 0 radical (unpaired) electrons. The highest BCUT2D eigenvalue weighted by Gasteiger charge is 2.02. The molecule has 0 aliphatic rings. The van der Waals surface area contributed by atoms with Gasteiger partial charge in [0.1, 0.15) is 0 Å². The Morgan fingerprint density at radius 2 is 2.29 bits per heavy atom. The first kappa shape index (κ1) is 11.8. The van der Waals surface area contributed by atoms with Gasteiger partial charge in [0.2, 0.25) is 5.91 Å². The Labute approximate surface area is 102 Å². The summed E-state index contributed by atoms with van der Waals surface area (Å²) >= 11 is 7.70. The minimum absolute atomic E-state index is 0.0420. The van der Waals surface area contributed by atoms with Crippen molar-refractivity contribution >= 4 is 45.8 Å². The largest absolute Gasteiger partial charge is 0.326 e. The Bertz CT molecular complexity index is 341. The highest BCUT2D eigenvalue weighted by atomic mass is 127. The molecule has 0 unspecified atom stereocenters.